The Balaban J connectivity index is 2.65. The minimum absolute atomic E-state index is 0.0261. The van der Waals surface area contributed by atoms with Crippen LogP contribution in [0.3, 0.4) is 0 Å². The van der Waals surface area contributed by atoms with Crippen molar-refractivity contribution in [3.8, 4) is 0 Å². The fourth-order valence-corrected chi connectivity index (χ4v) is 2.43. The minimum Gasteiger partial charge on any atom is -0.481 e. The molecule has 5 nitrogen and oxygen atoms in total. The number of rotatable bonds is 4. The van der Waals surface area contributed by atoms with E-state index in [1.54, 1.807) is 9.80 Å². The molecule has 0 bridgehead atoms. The molecule has 5 heteroatoms. The van der Waals surface area contributed by atoms with E-state index in [0.717, 1.165) is 6.54 Å². The number of urea groups is 1. The van der Waals surface area contributed by atoms with Gasteiger partial charge in [-0.1, -0.05) is 20.8 Å². The zero-order chi connectivity index (χ0) is 13.9. The van der Waals surface area contributed by atoms with Gasteiger partial charge in [-0.15, -0.1) is 0 Å². The topological polar surface area (TPSA) is 60.9 Å². The summed E-state index contributed by atoms with van der Waals surface area (Å²) in [7, 11) is 0. The van der Waals surface area contributed by atoms with E-state index in [0.29, 0.717) is 25.6 Å². The first-order valence-electron chi connectivity index (χ1n) is 6.63. The first-order valence-corrected chi connectivity index (χ1v) is 6.63. The number of hydrogen-bond donors (Lipinski definition) is 1. The van der Waals surface area contributed by atoms with Crippen molar-refractivity contribution in [2.24, 2.45) is 17.8 Å². The van der Waals surface area contributed by atoms with Gasteiger partial charge >= 0.3 is 12.0 Å². The number of carbonyl (C=O) groups is 2. The Morgan fingerprint density at radius 3 is 2.39 bits per heavy atom. The highest BCUT2D eigenvalue weighted by Gasteiger charge is 2.38. The normalized spacial score (nSPS) is 23.5. The molecular weight excluding hydrogens is 232 g/mol. The summed E-state index contributed by atoms with van der Waals surface area (Å²) < 4.78 is 0. The van der Waals surface area contributed by atoms with Crippen molar-refractivity contribution >= 4 is 12.0 Å². The van der Waals surface area contributed by atoms with Gasteiger partial charge in [-0.3, -0.25) is 4.79 Å². The average molecular weight is 256 g/mol. The lowest BCUT2D eigenvalue weighted by Gasteiger charge is -2.28. The highest BCUT2D eigenvalue weighted by Crippen LogP contribution is 2.24. The number of carbonyl (C=O) groups excluding carboxylic acids is 1. The lowest BCUT2D eigenvalue weighted by molar-refractivity contribution is -0.142. The minimum atomic E-state index is -0.801. The van der Waals surface area contributed by atoms with Gasteiger partial charge in [0, 0.05) is 26.2 Å². The van der Waals surface area contributed by atoms with Crippen molar-refractivity contribution < 1.29 is 14.7 Å². The van der Waals surface area contributed by atoms with E-state index >= 15 is 0 Å². The molecule has 0 aromatic heterocycles. The summed E-state index contributed by atoms with van der Waals surface area (Å²) in [6.45, 7) is 10.3. The molecule has 0 unspecified atom stereocenters. The number of amides is 2. The van der Waals surface area contributed by atoms with Crippen LogP contribution in [0.15, 0.2) is 0 Å². The van der Waals surface area contributed by atoms with Crippen LogP contribution in [0, 0.1) is 17.8 Å². The van der Waals surface area contributed by atoms with Crippen molar-refractivity contribution in [2.75, 3.05) is 26.2 Å². The number of hydrogen-bond acceptors (Lipinski definition) is 2. The SMILES string of the molecule is CCN(CC(C)C)C(=O)N1C[C@@H](C)[C@H](C(=O)O)C1. The summed E-state index contributed by atoms with van der Waals surface area (Å²) in [4.78, 5) is 26.8. The maximum absolute atomic E-state index is 12.3. The Hall–Kier alpha value is -1.26. The summed E-state index contributed by atoms with van der Waals surface area (Å²) >= 11 is 0. The summed E-state index contributed by atoms with van der Waals surface area (Å²) in [5, 5.41) is 9.07. The van der Waals surface area contributed by atoms with Crippen LogP contribution in [0.5, 0.6) is 0 Å². The van der Waals surface area contributed by atoms with Crippen LogP contribution < -0.4 is 0 Å². The molecule has 1 aliphatic rings. The summed E-state index contributed by atoms with van der Waals surface area (Å²) in [6.07, 6.45) is 0. The fourth-order valence-electron chi connectivity index (χ4n) is 2.43. The van der Waals surface area contributed by atoms with Gasteiger partial charge in [-0.25, -0.2) is 4.79 Å². The summed E-state index contributed by atoms with van der Waals surface area (Å²) in [5.74, 6) is -0.773. The number of carboxylic acids is 1. The first kappa shape index (κ1) is 14.8. The largest absolute Gasteiger partial charge is 0.481 e. The van der Waals surface area contributed by atoms with Crippen molar-refractivity contribution in [1.82, 2.24) is 9.80 Å². The lowest BCUT2D eigenvalue weighted by Crippen LogP contribution is -2.44. The molecule has 1 fully saturated rings. The third kappa shape index (κ3) is 3.37. The quantitative estimate of drug-likeness (QED) is 0.833. The molecule has 0 saturated carbocycles. The van der Waals surface area contributed by atoms with Gasteiger partial charge in [-0.2, -0.15) is 0 Å². The molecule has 0 aromatic carbocycles. The Morgan fingerprint density at radius 1 is 1.39 bits per heavy atom. The lowest BCUT2D eigenvalue weighted by atomic mass is 9.99. The maximum Gasteiger partial charge on any atom is 0.320 e. The van der Waals surface area contributed by atoms with Crippen LogP contribution >= 0.6 is 0 Å². The smallest absolute Gasteiger partial charge is 0.320 e. The number of nitrogens with zero attached hydrogens (tertiary/aromatic N) is 2. The molecule has 0 spiro atoms. The van der Waals surface area contributed by atoms with E-state index in [9.17, 15) is 9.59 Å². The van der Waals surface area contributed by atoms with Crippen LogP contribution in [0.2, 0.25) is 0 Å². The van der Waals surface area contributed by atoms with Crippen molar-refractivity contribution in [3.05, 3.63) is 0 Å². The zero-order valence-corrected chi connectivity index (χ0v) is 11.7. The summed E-state index contributed by atoms with van der Waals surface area (Å²) in [5.41, 5.74) is 0. The molecule has 2 amide bonds. The molecule has 1 rings (SSSR count). The molecular formula is C13H24N2O3. The highest BCUT2D eigenvalue weighted by atomic mass is 16.4. The number of aliphatic carboxylic acids is 1. The van der Waals surface area contributed by atoms with Crippen LogP contribution in [0.25, 0.3) is 0 Å². The van der Waals surface area contributed by atoms with E-state index in [4.69, 9.17) is 5.11 Å². The van der Waals surface area contributed by atoms with Crippen molar-refractivity contribution in [3.63, 3.8) is 0 Å². The van der Waals surface area contributed by atoms with Gasteiger partial charge < -0.3 is 14.9 Å². The van der Waals surface area contributed by atoms with E-state index in [1.807, 2.05) is 13.8 Å². The molecule has 1 N–H and O–H groups in total. The van der Waals surface area contributed by atoms with Crippen molar-refractivity contribution in [2.45, 2.75) is 27.7 Å². The van der Waals surface area contributed by atoms with E-state index < -0.39 is 11.9 Å². The fraction of sp³-hybridized carbons (Fsp3) is 0.846. The van der Waals surface area contributed by atoms with Gasteiger partial charge in [0.15, 0.2) is 0 Å². The number of carboxylic acid groups (broad SMARTS) is 1. The molecule has 1 aliphatic heterocycles. The van der Waals surface area contributed by atoms with E-state index in [2.05, 4.69) is 13.8 Å². The first-order chi connectivity index (χ1) is 8.36. The Morgan fingerprint density at radius 2 is 2.00 bits per heavy atom. The van der Waals surface area contributed by atoms with Gasteiger partial charge in [0.25, 0.3) is 0 Å². The second-order valence-electron chi connectivity index (χ2n) is 5.54. The molecule has 0 radical (unpaired) electrons. The molecule has 0 aliphatic carbocycles. The molecule has 2 atom stereocenters. The van der Waals surface area contributed by atoms with E-state index in [1.165, 1.54) is 0 Å². The second kappa shape index (κ2) is 6.07. The zero-order valence-electron chi connectivity index (χ0n) is 11.7. The number of likely N-dealkylation sites (tertiary alicyclic amines) is 1. The Labute approximate surface area is 109 Å². The van der Waals surface area contributed by atoms with Crippen LogP contribution in [-0.2, 0) is 4.79 Å². The maximum atomic E-state index is 12.3. The van der Waals surface area contributed by atoms with Gasteiger partial charge in [-0.05, 0) is 18.8 Å². The molecule has 0 aromatic rings. The second-order valence-corrected chi connectivity index (χ2v) is 5.54. The molecule has 1 saturated heterocycles. The van der Waals surface area contributed by atoms with E-state index in [-0.39, 0.29) is 11.9 Å². The van der Waals surface area contributed by atoms with Crippen LogP contribution in [-0.4, -0.2) is 53.1 Å². The predicted molar refractivity (Wildman–Crippen MR) is 69.3 cm³/mol. The standard InChI is InChI=1S/C13H24N2O3/c1-5-14(6-9(2)3)13(18)15-7-10(4)11(8-15)12(16)17/h9-11H,5-8H2,1-4H3,(H,16,17)/t10-,11-/m1/s1. The monoisotopic (exact) mass is 256 g/mol. The van der Waals surface area contributed by atoms with Crippen LogP contribution in [0.1, 0.15) is 27.7 Å². The Bertz CT molecular complexity index is 317. The molecule has 104 valence electrons. The summed E-state index contributed by atoms with van der Waals surface area (Å²) in [6, 6.07) is -0.0261. The van der Waals surface area contributed by atoms with Crippen LogP contribution in [0.4, 0.5) is 4.79 Å². The average Bonchev–Trinajstić information content (AvgIpc) is 2.67. The van der Waals surface area contributed by atoms with Gasteiger partial charge in [0.2, 0.25) is 0 Å². The van der Waals surface area contributed by atoms with Crippen molar-refractivity contribution in [1.29, 1.82) is 0 Å². The third-order valence-electron chi connectivity index (χ3n) is 3.44. The van der Waals surface area contributed by atoms with Gasteiger partial charge in [0.1, 0.15) is 0 Å². The molecule has 1 heterocycles. The highest BCUT2D eigenvalue weighted by molar-refractivity contribution is 5.77. The Kier molecular flexibility index (Phi) is 4.99. The molecule has 18 heavy (non-hydrogen) atoms. The van der Waals surface area contributed by atoms with Gasteiger partial charge in [0.05, 0.1) is 5.92 Å². The third-order valence-corrected chi connectivity index (χ3v) is 3.44. The predicted octanol–water partition coefficient (Wildman–Crippen LogP) is 1.74.